The fourth-order valence-corrected chi connectivity index (χ4v) is 3.96. The van der Waals surface area contributed by atoms with Gasteiger partial charge in [-0.05, 0) is 51.2 Å². The lowest BCUT2D eigenvalue weighted by Crippen LogP contribution is -2.32. The van der Waals surface area contributed by atoms with Crippen molar-refractivity contribution in [3.63, 3.8) is 0 Å². The predicted octanol–water partition coefficient (Wildman–Crippen LogP) is 3.27. The van der Waals surface area contributed by atoms with E-state index in [0.29, 0.717) is 18.9 Å². The average molecular weight is 354 g/mol. The monoisotopic (exact) mass is 354 g/mol. The average Bonchev–Trinajstić information content (AvgIpc) is 3.13. The zero-order chi connectivity index (χ0) is 18.8. The summed E-state index contributed by atoms with van der Waals surface area (Å²) in [5, 5.41) is 4.73. The third-order valence-corrected chi connectivity index (χ3v) is 5.76. The first-order chi connectivity index (χ1) is 12.4. The van der Waals surface area contributed by atoms with Crippen LogP contribution in [0.4, 0.5) is 0 Å². The Morgan fingerprint density at radius 1 is 1.27 bits per heavy atom. The second-order valence-corrected chi connectivity index (χ2v) is 7.66. The Hall–Kier alpha value is -2.14. The highest BCUT2D eigenvalue weighted by atomic mass is 16.2. The molecule has 0 bridgehead atoms. The number of benzene rings is 1. The van der Waals surface area contributed by atoms with E-state index in [4.69, 9.17) is 10.8 Å². The molecule has 0 aliphatic heterocycles. The maximum Gasteiger partial charge on any atom is 0.222 e. The molecular weight excluding hydrogens is 324 g/mol. The quantitative estimate of drug-likeness (QED) is 0.896. The van der Waals surface area contributed by atoms with Gasteiger partial charge in [0.15, 0.2) is 0 Å². The summed E-state index contributed by atoms with van der Waals surface area (Å²) in [7, 11) is 1.88. The summed E-state index contributed by atoms with van der Waals surface area (Å²) < 4.78 is 1.99. The zero-order valence-electron chi connectivity index (χ0n) is 16.3. The molecule has 1 aliphatic rings. The number of aryl methyl sites for hydroxylation is 2. The molecule has 5 nitrogen and oxygen atoms in total. The lowest BCUT2D eigenvalue weighted by atomic mass is 9.99. The first-order valence-corrected chi connectivity index (χ1v) is 9.49. The minimum absolute atomic E-state index is 0.176. The van der Waals surface area contributed by atoms with E-state index in [1.54, 1.807) is 0 Å². The molecule has 1 aromatic carbocycles. The molecule has 26 heavy (non-hydrogen) atoms. The molecule has 140 valence electrons. The van der Waals surface area contributed by atoms with E-state index in [1.807, 2.05) is 35.7 Å². The van der Waals surface area contributed by atoms with Gasteiger partial charge in [0.1, 0.15) is 0 Å². The Bertz CT molecular complexity index is 795. The molecule has 0 saturated heterocycles. The minimum atomic E-state index is 0.176. The second-order valence-electron chi connectivity index (χ2n) is 7.66. The smallest absolute Gasteiger partial charge is 0.222 e. The SMILES string of the molecule is Cc1ccccc1-n1nc(C)c(CN(C)C(=O)C[C@@H]2CCC[C@H]2N)c1C. The Kier molecular flexibility index (Phi) is 5.47. The third kappa shape index (κ3) is 3.68. The lowest BCUT2D eigenvalue weighted by Gasteiger charge is -2.21. The van der Waals surface area contributed by atoms with Gasteiger partial charge in [0.2, 0.25) is 5.91 Å². The highest BCUT2D eigenvalue weighted by Crippen LogP contribution is 2.28. The zero-order valence-corrected chi connectivity index (χ0v) is 16.3. The molecule has 1 aromatic heterocycles. The lowest BCUT2D eigenvalue weighted by molar-refractivity contribution is -0.131. The molecule has 1 aliphatic carbocycles. The van der Waals surface area contributed by atoms with Gasteiger partial charge in [0, 0.05) is 37.3 Å². The largest absolute Gasteiger partial charge is 0.341 e. The highest BCUT2D eigenvalue weighted by Gasteiger charge is 2.27. The molecule has 1 saturated carbocycles. The van der Waals surface area contributed by atoms with Crippen LogP contribution in [0.2, 0.25) is 0 Å². The summed E-state index contributed by atoms with van der Waals surface area (Å²) >= 11 is 0. The van der Waals surface area contributed by atoms with Gasteiger partial charge in [-0.2, -0.15) is 5.10 Å². The molecule has 1 amide bonds. The Morgan fingerprint density at radius 3 is 2.65 bits per heavy atom. The maximum atomic E-state index is 12.6. The van der Waals surface area contributed by atoms with Crippen molar-refractivity contribution in [1.29, 1.82) is 0 Å². The fourth-order valence-electron chi connectivity index (χ4n) is 3.96. The summed E-state index contributed by atoms with van der Waals surface area (Å²) in [6.45, 7) is 6.77. The maximum absolute atomic E-state index is 12.6. The molecule has 0 radical (unpaired) electrons. The van der Waals surface area contributed by atoms with Crippen LogP contribution in [0.25, 0.3) is 5.69 Å². The van der Waals surface area contributed by atoms with Crippen molar-refractivity contribution in [3.8, 4) is 5.69 Å². The normalized spacial score (nSPS) is 19.7. The van der Waals surface area contributed by atoms with Crippen molar-refractivity contribution in [3.05, 3.63) is 46.8 Å². The molecule has 3 rings (SSSR count). The summed E-state index contributed by atoms with van der Waals surface area (Å²) in [5.41, 5.74) is 11.6. The van der Waals surface area contributed by atoms with E-state index in [1.165, 1.54) is 5.56 Å². The molecule has 1 fully saturated rings. The Labute approximate surface area is 156 Å². The topological polar surface area (TPSA) is 64.2 Å². The van der Waals surface area contributed by atoms with E-state index in [2.05, 4.69) is 26.0 Å². The number of carbonyl (C=O) groups is 1. The van der Waals surface area contributed by atoms with Gasteiger partial charge in [-0.3, -0.25) is 4.79 Å². The van der Waals surface area contributed by atoms with Crippen LogP contribution in [0.3, 0.4) is 0 Å². The van der Waals surface area contributed by atoms with Crippen molar-refractivity contribution in [2.24, 2.45) is 11.7 Å². The van der Waals surface area contributed by atoms with Crippen LogP contribution < -0.4 is 5.73 Å². The standard InChI is InChI=1S/C21H30N4O/c1-14-8-5-6-11-20(14)25-16(3)18(15(2)23-25)13-24(4)21(26)12-17-9-7-10-19(17)22/h5-6,8,11,17,19H,7,9-10,12-13,22H2,1-4H3/t17-,19+/m0/s1. The van der Waals surface area contributed by atoms with Gasteiger partial charge in [-0.15, -0.1) is 0 Å². The van der Waals surface area contributed by atoms with Crippen LogP contribution in [0.1, 0.15) is 48.2 Å². The first kappa shape index (κ1) is 18.6. The molecule has 0 unspecified atom stereocenters. The predicted molar refractivity (Wildman–Crippen MR) is 104 cm³/mol. The van der Waals surface area contributed by atoms with Gasteiger partial charge in [-0.1, -0.05) is 24.6 Å². The Balaban J connectivity index is 1.75. The number of rotatable bonds is 5. The number of aromatic nitrogens is 2. The van der Waals surface area contributed by atoms with Crippen molar-refractivity contribution in [2.75, 3.05) is 7.05 Å². The summed E-state index contributed by atoms with van der Waals surface area (Å²) in [6, 6.07) is 8.41. The van der Waals surface area contributed by atoms with Crippen LogP contribution in [-0.4, -0.2) is 33.7 Å². The van der Waals surface area contributed by atoms with E-state index >= 15 is 0 Å². The van der Waals surface area contributed by atoms with Crippen molar-refractivity contribution >= 4 is 5.91 Å². The van der Waals surface area contributed by atoms with E-state index in [9.17, 15) is 4.79 Å². The van der Waals surface area contributed by atoms with Crippen LogP contribution in [-0.2, 0) is 11.3 Å². The third-order valence-electron chi connectivity index (χ3n) is 5.76. The highest BCUT2D eigenvalue weighted by molar-refractivity contribution is 5.76. The molecule has 2 aromatic rings. The fraction of sp³-hybridized carbons (Fsp3) is 0.524. The van der Waals surface area contributed by atoms with E-state index in [-0.39, 0.29) is 11.9 Å². The first-order valence-electron chi connectivity index (χ1n) is 9.49. The molecular formula is C21H30N4O. The number of nitrogens with zero attached hydrogens (tertiary/aromatic N) is 3. The van der Waals surface area contributed by atoms with Crippen LogP contribution in [0.15, 0.2) is 24.3 Å². The minimum Gasteiger partial charge on any atom is -0.341 e. The van der Waals surface area contributed by atoms with Crippen LogP contribution in [0, 0.1) is 26.7 Å². The van der Waals surface area contributed by atoms with Crippen LogP contribution in [0.5, 0.6) is 0 Å². The number of para-hydroxylation sites is 1. The molecule has 1 heterocycles. The van der Waals surface area contributed by atoms with E-state index < -0.39 is 0 Å². The van der Waals surface area contributed by atoms with Gasteiger partial charge in [-0.25, -0.2) is 4.68 Å². The van der Waals surface area contributed by atoms with Crippen molar-refractivity contribution in [2.45, 2.75) is 59.0 Å². The number of hydrogen-bond donors (Lipinski definition) is 1. The number of nitrogens with two attached hydrogens (primary N) is 1. The molecule has 2 atom stereocenters. The summed E-state index contributed by atoms with van der Waals surface area (Å²) in [4.78, 5) is 14.5. The van der Waals surface area contributed by atoms with Crippen molar-refractivity contribution < 1.29 is 4.79 Å². The molecule has 0 spiro atoms. The summed E-state index contributed by atoms with van der Waals surface area (Å²) in [5.74, 6) is 0.511. The van der Waals surface area contributed by atoms with Crippen molar-refractivity contribution in [1.82, 2.24) is 14.7 Å². The second kappa shape index (κ2) is 7.62. The molecule has 5 heteroatoms. The summed E-state index contributed by atoms with van der Waals surface area (Å²) in [6.07, 6.45) is 3.82. The van der Waals surface area contributed by atoms with Gasteiger partial charge in [0.05, 0.1) is 11.4 Å². The number of amides is 1. The number of hydrogen-bond acceptors (Lipinski definition) is 3. The molecule has 2 N–H and O–H groups in total. The van der Waals surface area contributed by atoms with E-state index in [0.717, 1.165) is 41.9 Å². The van der Waals surface area contributed by atoms with Crippen LogP contribution >= 0.6 is 0 Å². The van der Waals surface area contributed by atoms with Gasteiger partial charge in [0.25, 0.3) is 0 Å². The van der Waals surface area contributed by atoms with Gasteiger partial charge < -0.3 is 10.6 Å². The Morgan fingerprint density at radius 2 is 2.00 bits per heavy atom. The van der Waals surface area contributed by atoms with Gasteiger partial charge >= 0.3 is 0 Å². The number of carbonyl (C=O) groups excluding carboxylic acids is 1.